The maximum absolute atomic E-state index is 13.0. The van der Waals surface area contributed by atoms with Crippen LogP contribution in [-0.2, 0) is 0 Å². The first-order chi connectivity index (χ1) is 9.86. The van der Waals surface area contributed by atoms with Crippen LogP contribution in [0.4, 0.5) is 21.0 Å². The Balaban J connectivity index is 2.18. The van der Waals surface area contributed by atoms with Gasteiger partial charge in [0.05, 0.1) is 5.69 Å². The summed E-state index contributed by atoms with van der Waals surface area (Å²) < 4.78 is 13.7. The Morgan fingerprint density at radius 3 is 2.81 bits per heavy atom. The van der Waals surface area contributed by atoms with Gasteiger partial charge < -0.3 is 16.4 Å². The fraction of sp³-hybridized carbons (Fsp3) is 0.231. The van der Waals surface area contributed by atoms with E-state index in [1.165, 1.54) is 29.5 Å². The highest BCUT2D eigenvalue weighted by atomic mass is 127. The van der Waals surface area contributed by atoms with Crippen molar-refractivity contribution in [3.8, 4) is 0 Å². The molecule has 2 rings (SSSR count). The molecule has 0 aliphatic heterocycles. The lowest BCUT2D eigenvalue weighted by Gasteiger charge is -2.06. The standard InChI is InChI=1S/C13H14FIN4OS/c1-6(2)17-13-19-11(16)10(21-13)12(20)18-9-4-3-7(14)5-8(9)15/h3-6H,16H2,1-2H3,(H,17,19)(H,18,20). The van der Waals surface area contributed by atoms with Crippen LogP contribution < -0.4 is 16.4 Å². The quantitative estimate of drug-likeness (QED) is 0.662. The van der Waals surface area contributed by atoms with Crippen LogP contribution in [0.25, 0.3) is 0 Å². The molecule has 0 aliphatic carbocycles. The SMILES string of the molecule is CC(C)Nc1nc(N)c(C(=O)Nc2ccc(F)cc2I)s1. The van der Waals surface area contributed by atoms with Crippen LogP contribution in [0, 0.1) is 9.39 Å². The van der Waals surface area contributed by atoms with Gasteiger partial charge >= 0.3 is 0 Å². The summed E-state index contributed by atoms with van der Waals surface area (Å²) in [5, 5.41) is 6.41. The average Bonchev–Trinajstić information content (AvgIpc) is 2.72. The summed E-state index contributed by atoms with van der Waals surface area (Å²) in [6, 6.07) is 4.35. The molecule has 5 nitrogen and oxygen atoms in total. The molecular formula is C13H14FIN4OS. The zero-order valence-corrected chi connectivity index (χ0v) is 14.4. The van der Waals surface area contributed by atoms with Gasteiger partial charge in [-0.1, -0.05) is 11.3 Å². The molecule has 1 heterocycles. The highest BCUT2D eigenvalue weighted by molar-refractivity contribution is 14.1. The largest absolute Gasteiger partial charge is 0.382 e. The number of benzene rings is 1. The van der Waals surface area contributed by atoms with Crippen LogP contribution in [0.1, 0.15) is 23.5 Å². The predicted octanol–water partition coefficient (Wildman–Crippen LogP) is 3.54. The number of anilines is 3. The Kier molecular flexibility index (Phi) is 4.99. The molecule has 0 spiro atoms. The normalized spacial score (nSPS) is 10.7. The molecule has 2 aromatic rings. The molecule has 0 saturated heterocycles. The molecule has 1 aromatic heterocycles. The van der Waals surface area contributed by atoms with Crippen molar-refractivity contribution in [2.24, 2.45) is 0 Å². The molecule has 8 heteroatoms. The van der Waals surface area contributed by atoms with Crippen LogP contribution >= 0.6 is 33.9 Å². The Morgan fingerprint density at radius 1 is 1.48 bits per heavy atom. The van der Waals surface area contributed by atoms with Gasteiger partial charge in [0.15, 0.2) is 5.13 Å². The minimum absolute atomic E-state index is 0.178. The summed E-state index contributed by atoms with van der Waals surface area (Å²) >= 11 is 3.15. The summed E-state index contributed by atoms with van der Waals surface area (Å²) in [4.78, 5) is 16.7. The highest BCUT2D eigenvalue weighted by Gasteiger charge is 2.17. The van der Waals surface area contributed by atoms with Crippen LogP contribution in [0.15, 0.2) is 18.2 Å². The number of hydrogen-bond acceptors (Lipinski definition) is 5. The summed E-state index contributed by atoms with van der Waals surface area (Å²) in [6.07, 6.45) is 0. The minimum atomic E-state index is -0.355. The van der Waals surface area contributed by atoms with Crippen molar-refractivity contribution in [1.82, 2.24) is 4.98 Å². The van der Waals surface area contributed by atoms with Gasteiger partial charge in [0, 0.05) is 9.61 Å². The maximum Gasteiger partial charge on any atom is 0.269 e. The van der Waals surface area contributed by atoms with Crippen molar-refractivity contribution in [3.05, 3.63) is 32.5 Å². The molecule has 0 saturated carbocycles. The van der Waals surface area contributed by atoms with Gasteiger partial charge in [-0.15, -0.1) is 0 Å². The van der Waals surface area contributed by atoms with E-state index in [-0.39, 0.29) is 23.6 Å². The zero-order valence-electron chi connectivity index (χ0n) is 11.4. The number of aromatic nitrogens is 1. The third-order valence-corrected chi connectivity index (χ3v) is 4.34. The first kappa shape index (κ1) is 16.0. The third kappa shape index (κ3) is 4.03. The molecule has 0 atom stereocenters. The summed E-state index contributed by atoms with van der Waals surface area (Å²) in [5.74, 6) is -0.526. The number of thiazole rings is 1. The van der Waals surface area contributed by atoms with Gasteiger partial charge in [-0.3, -0.25) is 4.79 Å². The monoisotopic (exact) mass is 420 g/mol. The van der Waals surface area contributed by atoms with E-state index in [1.807, 2.05) is 36.4 Å². The lowest BCUT2D eigenvalue weighted by atomic mass is 10.3. The van der Waals surface area contributed by atoms with Gasteiger partial charge in [0.25, 0.3) is 5.91 Å². The highest BCUT2D eigenvalue weighted by Crippen LogP contribution is 2.27. The van der Waals surface area contributed by atoms with E-state index in [9.17, 15) is 9.18 Å². The lowest BCUT2D eigenvalue weighted by Crippen LogP contribution is -2.13. The van der Waals surface area contributed by atoms with Crippen LogP contribution in [0.5, 0.6) is 0 Å². The molecule has 0 unspecified atom stereocenters. The minimum Gasteiger partial charge on any atom is -0.382 e. The van der Waals surface area contributed by atoms with Crippen molar-refractivity contribution >= 4 is 56.5 Å². The van der Waals surface area contributed by atoms with Crippen molar-refractivity contribution in [2.45, 2.75) is 19.9 Å². The van der Waals surface area contributed by atoms with Gasteiger partial charge in [-0.05, 0) is 54.6 Å². The number of carbonyl (C=O) groups is 1. The molecule has 21 heavy (non-hydrogen) atoms. The van der Waals surface area contributed by atoms with E-state index >= 15 is 0 Å². The zero-order chi connectivity index (χ0) is 15.6. The molecule has 0 radical (unpaired) electrons. The second kappa shape index (κ2) is 6.56. The molecule has 1 amide bonds. The first-order valence-corrected chi connectivity index (χ1v) is 8.05. The fourth-order valence-electron chi connectivity index (χ4n) is 1.57. The van der Waals surface area contributed by atoms with Crippen LogP contribution in [-0.4, -0.2) is 16.9 Å². The summed E-state index contributed by atoms with van der Waals surface area (Å²) in [7, 11) is 0. The molecule has 0 fully saturated rings. The van der Waals surface area contributed by atoms with Crippen LogP contribution in [0.2, 0.25) is 0 Å². The summed E-state index contributed by atoms with van der Waals surface area (Å²) in [5.41, 5.74) is 6.31. The lowest BCUT2D eigenvalue weighted by molar-refractivity contribution is 0.103. The Bertz CT molecular complexity index is 674. The molecular weight excluding hydrogens is 406 g/mol. The number of nitrogen functional groups attached to an aromatic ring is 1. The second-order valence-corrected chi connectivity index (χ2v) is 6.77. The third-order valence-electron chi connectivity index (χ3n) is 2.45. The number of hydrogen-bond donors (Lipinski definition) is 3. The topological polar surface area (TPSA) is 80.0 Å². The van der Waals surface area contributed by atoms with Gasteiger partial charge in [0.1, 0.15) is 16.5 Å². The van der Waals surface area contributed by atoms with E-state index in [0.717, 1.165) is 0 Å². The van der Waals surface area contributed by atoms with Crippen LogP contribution in [0.3, 0.4) is 0 Å². The van der Waals surface area contributed by atoms with Crippen molar-refractivity contribution < 1.29 is 9.18 Å². The first-order valence-electron chi connectivity index (χ1n) is 6.16. The Labute approximate surface area is 139 Å². The van der Waals surface area contributed by atoms with E-state index in [2.05, 4.69) is 15.6 Å². The van der Waals surface area contributed by atoms with Gasteiger partial charge in [-0.2, -0.15) is 0 Å². The van der Waals surface area contributed by atoms with E-state index in [0.29, 0.717) is 19.3 Å². The maximum atomic E-state index is 13.0. The number of halogens is 2. The van der Waals surface area contributed by atoms with E-state index in [1.54, 1.807) is 0 Å². The smallest absolute Gasteiger partial charge is 0.269 e. The number of nitrogens with zero attached hydrogens (tertiary/aromatic N) is 1. The number of carbonyl (C=O) groups excluding carboxylic acids is 1. The molecule has 4 N–H and O–H groups in total. The van der Waals surface area contributed by atoms with Crippen molar-refractivity contribution in [1.29, 1.82) is 0 Å². The van der Waals surface area contributed by atoms with Crippen molar-refractivity contribution in [3.63, 3.8) is 0 Å². The second-order valence-electron chi connectivity index (χ2n) is 4.61. The molecule has 112 valence electrons. The van der Waals surface area contributed by atoms with Crippen molar-refractivity contribution in [2.75, 3.05) is 16.4 Å². The number of nitrogens with two attached hydrogens (primary N) is 1. The van der Waals surface area contributed by atoms with Gasteiger partial charge in [-0.25, -0.2) is 9.37 Å². The Hall–Kier alpha value is -1.42. The average molecular weight is 420 g/mol. The van der Waals surface area contributed by atoms with E-state index < -0.39 is 0 Å². The Morgan fingerprint density at radius 2 is 2.19 bits per heavy atom. The fourth-order valence-corrected chi connectivity index (χ4v) is 3.11. The number of nitrogens with one attached hydrogen (secondary N) is 2. The summed E-state index contributed by atoms with van der Waals surface area (Å²) in [6.45, 7) is 3.94. The number of rotatable bonds is 4. The predicted molar refractivity (Wildman–Crippen MR) is 92.4 cm³/mol. The molecule has 0 aliphatic rings. The molecule has 0 bridgehead atoms. The number of amides is 1. The van der Waals surface area contributed by atoms with Gasteiger partial charge in [0.2, 0.25) is 0 Å². The molecule has 1 aromatic carbocycles. The van der Waals surface area contributed by atoms with E-state index in [4.69, 9.17) is 5.73 Å².